The fourth-order valence-corrected chi connectivity index (χ4v) is 6.29. The van der Waals surface area contributed by atoms with Crippen LogP contribution < -0.4 is 16.4 Å². The summed E-state index contributed by atoms with van der Waals surface area (Å²) in [7, 11) is 0. The van der Waals surface area contributed by atoms with Gasteiger partial charge in [-0.15, -0.1) is 11.3 Å². The lowest BCUT2D eigenvalue weighted by Gasteiger charge is -2.25. The van der Waals surface area contributed by atoms with Gasteiger partial charge in [0.15, 0.2) is 0 Å². The monoisotopic (exact) mass is 619 g/mol. The average molecular weight is 620 g/mol. The lowest BCUT2D eigenvalue weighted by molar-refractivity contribution is -0.171. The van der Waals surface area contributed by atoms with Crippen molar-refractivity contribution < 1.29 is 36.3 Å². The number of benzene rings is 2. The zero-order valence-corrected chi connectivity index (χ0v) is 23.4. The normalized spacial score (nSPS) is 19.3. The molecule has 2 aromatic carbocycles. The molecule has 1 fully saturated rings. The third kappa shape index (κ3) is 5.70. The summed E-state index contributed by atoms with van der Waals surface area (Å²) < 4.78 is 70.5. The van der Waals surface area contributed by atoms with E-state index in [4.69, 9.17) is 11.1 Å². The van der Waals surface area contributed by atoms with E-state index in [-0.39, 0.29) is 33.7 Å². The zero-order chi connectivity index (χ0) is 31.3. The van der Waals surface area contributed by atoms with Gasteiger partial charge in [0.2, 0.25) is 11.8 Å². The Balaban J connectivity index is 1.28. The summed E-state index contributed by atoms with van der Waals surface area (Å²) in [5, 5.41) is 14.1. The fourth-order valence-electron chi connectivity index (χ4n) is 5.38. The number of nitrogen functional groups attached to an aromatic ring is 1. The van der Waals surface area contributed by atoms with E-state index in [2.05, 4.69) is 10.6 Å². The maximum atomic E-state index is 14.8. The molecule has 14 heteroatoms. The van der Waals surface area contributed by atoms with Crippen molar-refractivity contribution in [2.24, 2.45) is 11.7 Å². The van der Waals surface area contributed by atoms with Crippen molar-refractivity contribution in [3.05, 3.63) is 81.0 Å². The predicted octanol–water partition coefficient (Wildman–Crippen LogP) is 4.54. The number of amides is 3. The molecule has 3 aromatic rings. The van der Waals surface area contributed by atoms with Crippen LogP contribution in [0.1, 0.15) is 51.3 Å². The highest BCUT2D eigenvalue weighted by Crippen LogP contribution is 2.51. The quantitative estimate of drug-likeness (QED) is 0.176. The molecule has 226 valence electrons. The molecule has 1 saturated heterocycles. The number of nitrogens with one attached hydrogen (secondary N) is 3. The van der Waals surface area contributed by atoms with E-state index in [9.17, 15) is 36.3 Å². The van der Waals surface area contributed by atoms with Crippen molar-refractivity contribution in [3.63, 3.8) is 0 Å². The van der Waals surface area contributed by atoms with Gasteiger partial charge in [-0.05, 0) is 42.7 Å². The molecule has 5 rings (SSSR count). The first-order valence-electron chi connectivity index (χ1n) is 13.2. The fraction of sp³-hybridized carbons (Fsp3) is 0.310. The molecule has 5 N–H and O–H groups in total. The molecule has 0 spiro atoms. The van der Waals surface area contributed by atoms with Crippen LogP contribution in [0.5, 0.6) is 0 Å². The Labute approximate surface area is 246 Å². The Hall–Kier alpha value is -4.33. The highest BCUT2D eigenvalue weighted by molar-refractivity contribution is 7.10. The molecule has 2 heterocycles. The van der Waals surface area contributed by atoms with E-state index >= 15 is 0 Å². The number of nitrogens with two attached hydrogens (primary N) is 1. The highest BCUT2D eigenvalue weighted by Gasteiger charge is 2.51. The maximum Gasteiger partial charge on any atom is 0.393 e. The summed E-state index contributed by atoms with van der Waals surface area (Å²) in [6.07, 6.45) is -5.31. The Morgan fingerprint density at radius 2 is 1.79 bits per heavy atom. The van der Waals surface area contributed by atoms with Crippen molar-refractivity contribution in [2.45, 2.75) is 37.5 Å². The molecule has 0 radical (unpaired) electrons. The van der Waals surface area contributed by atoms with Gasteiger partial charge in [0.05, 0.1) is 18.5 Å². The first kappa shape index (κ1) is 30.1. The number of fused-ring (bicyclic) bond motifs is 3. The van der Waals surface area contributed by atoms with Crippen LogP contribution in [0.25, 0.3) is 11.1 Å². The van der Waals surface area contributed by atoms with Crippen LogP contribution in [0.3, 0.4) is 0 Å². The Morgan fingerprint density at radius 1 is 1.09 bits per heavy atom. The predicted molar refractivity (Wildman–Crippen MR) is 149 cm³/mol. The molecule has 1 aliphatic heterocycles. The second kappa shape index (κ2) is 11.1. The van der Waals surface area contributed by atoms with Crippen molar-refractivity contribution >= 4 is 34.9 Å². The maximum absolute atomic E-state index is 14.8. The van der Waals surface area contributed by atoms with Crippen LogP contribution in [0.2, 0.25) is 0 Å². The van der Waals surface area contributed by atoms with E-state index in [0.717, 1.165) is 11.0 Å². The summed E-state index contributed by atoms with van der Waals surface area (Å²) in [5.41, 5.74) is 5.87. The van der Waals surface area contributed by atoms with Gasteiger partial charge in [0.25, 0.3) is 11.8 Å². The molecule has 0 bridgehead atoms. The van der Waals surface area contributed by atoms with E-state index in [1.54, 1.807) is 24.4 Å². The third-order valence-corrected chi connectivity index (χ3v) is 8.79. The van der Waals surface area contributed by atoms with Crippen LogP contribution in [0.4, 0.5) is 22.0 Å². The summed E-state index contributed by atoms with van der Waals surface area (Å²) in [4.78, 5) is 40.5. The lowest BCUT2D eigenvalue weighted by Crippen LogP contribution is -2.49. The van der Waals surface area contributed by atoms with Gasteiger partial charge >= 0.3 is 6.18 Å². The molecule has 8 nitrogen and oxygen atoms in total. The Bertz CT molecular complexity index is 1620. The molecule has 0 saturated carbocycles. The highest BCUT2D eigenvalue weighted by atomic mass is 32.1. The topological polar surface area (TPSA) is 128 Å². The molecule has 3 atom stereocenters. The SMILES string of the molecule is C[C@@H](NC(=O)[C@@H]1C[C@H](C(F)(F)F)CN1C(=O)CNC(=O)c1ccc2c(c1)-c1ccccc1C2(F)F)c1cc(C(=N)N)cs1. The Kier molecular flexibility index (Phi) is 7.75. The van der Waals surface area contributed by atoms with E-state index < -0.39 is 67.3 Å². The minimum absolute atomic E-state index is 0.0161. The van der Waals surface area contributed by atoms with Crippen molar-refractivity contribution in [3.8, 4) is 11.1 Å². The number of alkyl halides is 5. The van der Waals surface area contributed by atoms with E-state index in [0.29, 0.717) is 10.4 Å². The Morgan fingerprint density at radius 3 is 2.47 bits per heavy atom. The van der Waals surface area contributed by atoms with Crippen molar-refractivity contribution in [1.82, 2.24) is 15.5 Å². The van der Waals surface area contributed by atoms with Crippen LogP contribution >= 0.6 is 11.3 Å². The second-order valence-electron chi connectivity index (χ2n) is 10.5. The standard InChI is InChI=1S/C29H26F5N5O3S/c1-14(23-9-16(13-43-23)25(35)36)38-27(42)22-10-17(29(32,33)34)12-39(22)24(40)11-37-26(41)15-6-7-21-19(8-15)18-4-2-3-5-20(18)28(21,30)31/h2-9,13-14,17,22H,10-12H2,1H3,(H3,35,36)(H,37,41)(H,38,42)/t14-,17+,22+/m1/s1. The van der Waals surface area contributed by atoms with Gasteiger partial charge in [-0.2, -0.15) is 22.0 Å². The summed E-state index contributed by atoms with van der Waals surface area (Å²) >= 11 is 1.21. The minimum atomic E-state index is -4.66. The molecular weight excluding hydrogens is 593 g/mol. The number of thiophene rings is 1. The first-order valence-corrected chi connectivity index (χ1v) is 14.1. The van der Waals surface area contributed by atoms with Gasteiger partial charge in [-0.1, -0.05) is 30.3 Å². The number of hydrogen-bond acceptors (Lipinski definition) is 5. The average Bonchev–Trinajstić information content (AvgIpc) is 3.68. The molecule has 2 aliphatic rings. The number of amidine groups is 1. The summed E-state index contributed by atoms with van der Waals surface area (Å²) in [6.45, 7) is 0.142. The minimum Gasteiger partial charge on any atom is -0.384 e. The number of halogens is 5. The van der Waals surface area contributed by atoms with Gasteiger partial charge in [-0.25, -0.2) is 0 Å². The van der Waals surface area contributed by atoms with Gasteiger partial charge < -0.3 is 21.3 Å². The number of carbonyl (C=O) groups excluding carboxylic acids is 3. The second-order valence-corrected chi connectivity index (χ2v) is 11.4. The number of carbonyl (C=O) groups is 3. The number of rotatable bonds is 7. The number of hydrogen-bond donors (Lipinski definition) is 4. The number of likely N-dealkylation sites (tertiary alicyclic amines) is 1. The van der Waals surface area contributed by atoms with Crippen LogP contribution in [0, 0.1) is 11.3 Å². The van der Waals surface area contributed by atoms with Gasteiger partial charge in [-0.3, -0.25) is 19.8 Å². The first-order chi connectivity index (χ1) is 20.2. The molecular formula is C29H26F5N5O3S. The van der Waals surface area contributed by atoms with Gasteiger partial charge in [0.1, 0.15) is 11.9 Å². The zero-order valence-electron chi connectivity index (χ0n) is 22.6. The van der Waals surface area contributed by atoms with Crippen LogP contribution in [-0.4, -0.2) is 53.8 Å². The lowest BCUT2D eigenvalue weighted by atomic mass is 10.0. The molecule has 3 amide bonds. The van der Waals surface area contributed by atoms with Crippen molar-refractivity contribution in [2.75, 3.05) is 13.1 Å². The molecule has 1 aromatic heterocycles. The van der Waals surface area contributed by atoms with E-state index in [1.165, 1.54) is 41.7 Å². The molecule has 43 heavy (non-hydrogen) atoms. The van der Waals surface area contributed by atoms with E-state index in [1.807, 2.05) is 0 Å². The largest absolute Gasteiger partial charge is 0.393 e. The van der Waals surface area contributed by atoms with Crippen molar-refractivity contribution in [1.29, 1.82) is 5.41 Å². The molecule has 1 aliphatic carbocycles. The van der Waals surface area contributed by atoms with Gasteiger partial charge in [0, 0.05) is 39.1 Å². The summed E-state index contributed by atoms with van der Waals surface area (Å²) in [6, 6.07) is 9.01. The van der Waals surface area contributed by atoms with Crippen LogP contribution in [0.15, 0.2) is 53.9 Å². The van der Waals surface area contributed by atoms with Crippen LogP contribution in [-0.2, 0) is 15.5 Å². The third-order valence-electron chi connectivity index (χ3n) is 7.68. The summed E-state index contributed by atoms with van der Waals surface area (Å²) in [5.74, 6) is -7.84. The number of nitrogens with zero attached hydrogens (tertiary/aromatic N) is 1. The molecule has 0 unspecified atom stereocenters. The smallest absolute Gasteiger partial charge is 0.384 e.